The van der Waals surface area contributed by atoms with Gasteiger partial charge in [-0.3, -0.25) is 10.1 Å². The Balaban J connectivity index is 1.58. The standard InChI is InChI=1S/C17H14N2O2S/c20-16(9-8-14-7-4-10-21-14)19-17-18-12-15(22-17)11-13-5-2-1-3-6-13/h1-10,12H,11H2,(H,18,19,20). The molecule has 3 aromatic rings. The van der Waals surface area contributed by atoms with E-state index in [1.807, 2.05) is 18.2 Å². The summed E-state index contributed by atoms with van der Waals surface area (Å²) >= 11 is 1.48. The van der Waals surface area contributed by atoms with Crippen molar-refractivity contribution in [1.29, 1.82) is 0 Å². The van der Waals surface area contributed by atoms with Crippen LogP contribution >= 0.6 is 11.3 Å². The van der Waals surface area contributed by atoms with Crippen molar-refractivity contribution < 1.29 is 9.21 Å². The van der Waals surface area contributed by atoms with Gasteiger partial charge in [-0.1, -0.05) is 30.3 Å². The number of hydrogen-bond donors (Lipinski definition) is 1. The van der Waals surface area contributed by atoms with E-state index in [1.165, 1.54) is 23.0 Å². The molecule has 3 rings (SSSR count). The summed E-state index contributed by atoms with van der Waals surface area (Å²) in [5, 5.41) is 3.35. The lowest BCUT2D eigenvalue weighted by molar-refractivity contribution is -0.111. The average Bonchev–Trinajstić information content (AvgIpc) is 3.18. The molecule has 0 fully saturated rings. The molecule has 1 amide bonds. The second-order valence-electron chi connectivity index (χ2n) is 4.63. The van der Waals surface area contributed by atoms with Crippen molar-refractivity contribution in [3.63, 3.8) is 0 Å². The van der Waals surface area contributed by atoms with Crippen molar-refractivity contribution in [3.05, 3.63) is 77.2 Å². The Morgan fingerprint density at radius 2 is 2.09 bits per heavy atom. The van der Waals surface area contributed by atoms with E-state index >= 15 is 0 Å². The lowest BCUT2D eigenvalue weighted by Gasteiger charge is -1.97. The zero-order valence-corrected chi connectivity index (χ0v) is 12.5. The predicted molar refractivity (Wildman–Crippen MR) is 87.7 cm³/mol. The summed E-state index contributed by atoms with van der Waals surface area (Å²) in [6.07, 6.45) is 7.22. The Morgan fingerprint density at radius 1 is 1.23 bits per heavy atom. The molecule has 0 aliphatic heterocycles. The number of anilines is 1. The zero-order chi connectivity index (χ0) is 15.2. The molecule has 2 aromatic heterocycles. The molecule has 0 aliphatic carbocycles. The highest BCUT2D eigenvalue weighted by molar-refractivity contribution is 7.15. The van der Waals surface area contributed by atoms with Gasteiger partial charge in [0.1, 0.15) is 5.76 Å². The van der Waals surface area contributed by atoms with Crippen LogP contribution in [0.15, 0.2) is 65.4 Å². The molecule has 0 spiro atoms. The molecule has 5 heteroatoms. The Hall–Kier alpha value is -2.66. The number of benzene rings is 1. The van der Waals surface area contributed by atoms with Crippen molar-refractivity contribution in [2.75, 3.05) is 5.32 Å². The first-order valence-corrected chi connectivity index (χ1v) is 7.62. The molecule has 4 nitrogen and oxygen atoms in total. The first-order valence-electron chi connectivity index (χ1n) is 6.81. The highest BCUT2D eigenvalue weighted by Gasteiger charge is 2.05. The number of amides is 1. The van der Waals surface area contributed by atoms with Crippen LogP contribution in [0.25, 0.3) is 6.08 Å². The van der Waals surface area contributed by atoms with Gasteiger partial charge >= 0.3 is 0 Å². The number of aromatic nitrogens is 1. The molecule has 0 radical (unpaired) electrons. The summed E-state index contributed by atoms with van der Waals surface area (Å²) in [6.45, 7) is 0. The summed E-state index contributed by atoms with van der Waals surface area (Å²) < 4.78 is 5.12. The first-order chi connectivity index (χ1) is 10.8. The van der Waals surface area contributed by atoms with E-state index in [9.17, 15) is 4.79 Å². The van der Waals surface area contributed by atoms with Crippen LogP contribution in [-0.4, -0.2) is 10.9 Å². The van der Waals surface area contributed by atoms with Crippen LogP contribution < -0.4 is 5.32 Å². The second kappa shape index (κ2) is 6.87. The number of nitrogens with zero attached hydrogens (tertiary/aromatic N) is 1. The van der Waals surface area contributed by atoms with Crippen LogP contribution in [-0.2, 0) is 11.2 Å². The average molecular weight is 310 g/mol. The van der Waals surface area contributed by atoms with Gasteiger partial charge in [-0.25, -0.2) is 4.98 Å². The minimum atomic E-state index is -0.225. The zero-order valence-electron chi connectivity index (χ0n) is 11.7. The third-order valence-corrected chi connectivity index (χ3v) is 3.86. The minimum absolute atomic E-state index is 0.225. The third-order valence-electron chi connectivity index (χ3n) is 2.95. The van der Waals surface area contributed by atoms with Crippen LogP contribution in [0.4, 0.5) is 5.13 Å². The number of carbonyl (C=O) groups is 1. The van der Waals surface area contributed by atoms with Crippen LogP contribution in [0, 0.1) is 0 Å². The van der Waals surface area contributed by atoms with Gasteiger partial charge in [-0.15, -0.1) is 11.3 Å². The van der Waals surface area contributed by atoms with Crippen molar-refractivity contribution in [1.82, 2.24) is 4.98 Å². The minimum Gasteiger partial charge on any atom is -0.465 e. The van der Waals surface area contributed by atoms with Gasteiger partial charge in [-0.05, 0) is 23.8 Å². The van der Waals surface area contributed by atoms with Gasteiger partial charge in [-0.2, -0.15) is 0 Å². The van der Waals surface area contributed by atoms with E-state index in [4.69, 9.17) is 4.42 Å². The fourth-order valence-electron chi connectivity index (χ4n) is 1.94. The topological polar surface area (TPSA) is 55.1 Å². The number of rotatable bonds is 5. The Kier molecular flexibility index (Phi) is 4.46. The summed E-state index contributed by atoms with van der Waals surface area (Å²) in [7, 11) is 0. The molecule has 0 atom stereocenters. The quantitative estimate of drug-likeness (QED) is 0.725. The highest BCUT2D eigenvalue weighted by atomic mass is 32.1. The second-order valence-corrected chi connectivity index (χ2v) is 5.75. The van der Waals surface area contributed by atoms with Gasteiger partial charge in [0.25, 0.3) is 0 Å². The van der Waals surface area contributed by atoms with Gasteiger partial charge in [0.05, 0.1) is 6.26 Å². The van der Waals surface area contributed by atoms with Crippen LogP contribution in [0.3, 0.4) is 0 Å². The van der Waals surface area contributed by atoms with E-state index in [0.29, 0.717) is 10.9 Å². The van der Waals surface area contributed by atoms with Gasteiger partial charge in [0, 0.05) is 23.6 Å². The van der Waals surface area contributed by atoms with Crippen LogP contribution in [0.1, 0.15) is 16.2 Å². The maximum atomic E-state index is 11.8. The molecule has 0 bridgehead atoms. The molecule has 1 N–H and O–H groups in total. The molecular weight excluding hydrogens is 296 g/mol. The molecular formula is C17H14N2O2S. The molecule has 0 aliphatic rings. The Morgan fingerprint density at radius 3 is 2.86 bits per heavy atom. The predicted octanol–water partition coefficient (Wildman–Crippen LogP) is 3.98. The maximum Gasteiger partial charge on any atom is 0.250 e. The van der Waals surface area contributed by atoms with Crippen LogP contribution in [0.2, 0.25) is 0 Å². The highest BCUT2D eigenvalue weighted by Crippen LogP contribution is 2.21. The van der Waals surface area contributed by atoms with E-state index in [2.05, 4.69) is 22.4 Å². The number of hydrogen-bond acceptors (Lipinski definition) is 4. The maximum absolute atomic E-state index is 11.8. The number of carbonyl (C=O) groups excluding carboxylic acids is 1. The summed E-state index contributed by atoms with van der Waals surface area (Å²) in [4.78, 5) is 17.1. The molecule has 110 valence electrons. The SMILES string of the molecule is O=C(C=Cc1ccco1)Nc1ncc(Cc2ccccc2)s1. The molecule has 0 unspecified atom stereocenters. The van der Waals surface area contributed by atoms with E-state index in [0.717, 1.165) is 11.3 Å². The summed E-state index contributed by atoms with van der Waals surface area (Å²) in [5.74, 6) is 0.413. The number of thiazole rings is 1. The van der Waals surface area contributed by atoms with E-state index < -0.39 is 0 Å². The fourth-order valence-corrected chi connectivity index (χ4v) is 2.78. The van der Waals surface area contributed by atoms with E-state index in [-0.39, 0.29) is 5.91 Å². The lowest BCUT2D eigenvalue weighted by atomic mass is 10.1. The smallest absolute Gasteiger partial charge is 0.250 e. The normalized spacial score (nSPS) is 10.9. The first kappa shape index (κ1) is 14.3. The number of furan rings is 1. The summed E-state index contributed by atoms with van der Waals surface area (Å²) in [5.41, 5.74) is 1.22. The largest absolute Gasteiger partial charge is 0.465 e. The Bertz CT molecular complexity index is 761. The summed E-state index contributed by atoms with van der Waals surface area (Å²) in [6, 6.07) is 13.7. The molecule has 1 aromatic carbocycles. The van der Waals surface area contributed by atoms with Crippen molar-refractivity contribution in [2.24, 2.45) is 0 Å². The monoisotopic (exact) mass is 310 g/mol. The number of nitrogens with one attached hydrogen (secondary N) is 1. The van der Waals surface area contributed by atoms with Crippen molar-refractivity contribution in [2.45, 2.75) is 6.42 Å². The van der Waals surface area contributed by atoms with Crippen molar-refractivity contribution in [3.8, 4) is 0 Å². The van der Waals surface area contributed by atoms with Gasteiger partial charge in [0.2, 0.25) is 5.91 Å². The lowest BCUT2D eigenvalue weighted by Crippen LogP contribution is -2.06. The van der Waals surface area contributed by atoms with Crippen LogP contribution in [0.5, 0.6) is 0 Å². The fraction of sp³-hybridized carbons (Fsp3) is 0.0588. The van der Waals surface area contributed by atoms with Gasteiger partial charge < -0.3 is 4.42 Å². The third kappa shape index (κ3) is 3.93. The molecule has 0 saturated heterocycles. The molecule has 22 heavy (non-hydrogen) atoms. The molecule has 0 saturated carbocycles. The Labute approximate surface area is 132 Å². The van der Waals surface area contributed by atoms with Crippen molar-refractivity contribution >= 4 is 28.5 Å². The van der Waals surface area contributed by atoms with E-state index in [1.54, 1.807) is 30.7 Å². The molecule has 2 heterocycles. The van der Waals surface area contributed by atoms with Gasteiger partial charge in [0.15, 0.2) is 5.13 Å².